The van der Waals surface area contributed by atoms with E-state index < -0.39 is 0 Å². The van der Waals surface area contributed by atoms with E-state index in [0.29, 0.717) is 0 Å². The zero-order valence-electron chi connectivity index (χ0n) is 10.7. The van der Waals surface area contributed by atoms with Gasteiger partial charge in [0.1, 0.15) is 0 Å². The molecule has 1 aromatic heterocycles. The first kappa shape index (κ1) is 13.1. The average molecular weight is 305 g/mol. The molecule has 0 aliphatic carbocycles. The van der Waals surface area contributed by atoms with Gasteiger partial charge in [0.25, 0.3) is 0 Å². The molecule has 0 atom stereocenters. The highest BCUT2D eigenvalue weighted by atomic mass is 79.9. The molecule has 0 fully saturated rings. The molecule has 2 nitrogen and oxygen atoms in total. The van der Waals surface area contributed by atoms with Crippen molar-refractivity contribution in [1.82, 2.24) is 4.98 Å². The largest absolute Gasteiger partial charge is 0.383 e. The van der Waals surface area contributed by atoms with E-state index in [2.05, 4.69) is 64.3 Å². The first-order valence-corrected chi connectivity index (χ1v) is 6.77. The molecule has 0 saturated heterocycles. The molecule has 2 rings (SSSR count). The second-order valence-electron chi connectivity index (χ2n) is 5.00. The van der Waals surface area contributed by atoms with E-state index in [0.717, 1.165) is 16.7 Å². The summed E-state index contributed by atoms with van der Waals surface area (Å²) < 4.78 is 0.991. The predicted molar refractivity (Wildman–Crippen MR) is 79.9 cm³/mol. The first-order chi connectivity index (χ1) is 8.58. The van der Waals surface area contributed by atoms with Crippen molar-refractivity contribution in [2.45, 2.75) is 19.3 Å². The topological polar surface area (TPSA) is 24.9 Å². The Morgan fingerprint density at radius 1 is 1.17 bits per heavy atom. The third-order valence-corrected chi connectivity index (χ3v) is 3.43. The minimum Gasteiger partial charge on any atom is -0.383 e. The van der Waals surface area contributed by atoms with Gasteiger partial charge in [-0.3, -0.25) is 4.98 Å². The molecular formula is C15H17BrN2. The van der Waals surface area contributed by atoms with Gasteiger partial charge in [-0.1, -0.05) is 44.2 Å². The van der Waals surface area contributed by atoms with Gasteiger partial charge in [0.15, 0.2) is 0 Å². The summed E-state index contributed by atoms with van der Waals surface area (Å²) in [6.07, 6.45) is 3.62. The summed E-state index contributed by atoms with van der Waals surface area (Å²) in [5.74, 6) is 0. The standard InChI is InChI=1S/C15H17BrN2/c1-15(2,12-6-4-3-5-7-12)11-18-14-8-13(16)9-17-10-14/h3-10,18H,11H2,1-2H3. The lowest BCUT2D eigenvalue weighted by Crippen LogP contribution is -2.27. The molecule has 0 aliphatic rings. The Morgan fingerprint density at radius 2 is 1.89 bits per heavy atom. The highest BCUT2D eigenvalue weighted by molar-refractivity contribution is 9.10. The maximum atomic E-state index is 4.15. The van der Waals surface area contributed by atoms with Gasteiger partial charge in [-0.15, -0.1) is 0 Å². The number of anilines is 1. The quantitative estimate of drug-likeness (QED) is 0.914. The molecule has 3 heteroatoms. The third-order valence-electron chi connectivity index (χ3n) is 2.99. The van der Waals surface area contributed by atoms with Crippen molar-refractivity contribution in [1.29, 1.82) is 0 Å². The summed E-state index contributed by atoms with van der Waals surface area (Å²) in [5.41, 5.74) is 2.46. The van der Waals surface area contributed by atoms with Gasteiger partial charge in [0, 0.05) is 22.6 Å². The van der Waals surface area contributed by atoms with Gasteiger partial charge in [-0.2, -0.15) is 0 Å². The summed E-state index contributed by atoms with van der Waals surface area (Å²) in [5, 5.41) is 3.43. The zero-order valence-corrected chi connectivity index (χ0v) is 12.2. The minimum atomic E-state index is 0.0869. The molecule has 0 spiro atoms. The van der Waals surface area contributed by atoms with Crippen molar-refractivity contribution in [2.75, 3.05) is 11.9 Å². The molecule has 1 aromatic carbocycles. The number of rotatable bonds is 4. The minimum absolute atomic E-state index is 0.0869. The van der Waals surface area contributed by atoms with Crippen LogP contribution in [0.15, 0.2) is 53.3 Å². The third kappa shape index (κ3) is 3.33. The molecule has 0 unspecified atom stereocenters. The maximum absolute atomic E-state index is 4.15. The molecule has 2 aromatic rings. The lowest BCUT2D eigenvalue weighted by molar-refractivity contribution is 0.557. The van der Waals surface area contributed by atoms with E-state index >= 15 is 0 Å². The Hall–Kier alpha value is -1.35. The van der Waals surface area contributed by atoms with Crippen molar-refractivity contribution in [3.05, 3.63) is 58.8 Å². The number of benzene rings is 1. The molecule has 1 heterocycles. The Labute approximate surface area is 117 Å². The molecule has 0 saturated carbocycles. The number of nitrogens with zero attached hydrogens (tertiary/aromatic N) is 1. The number of aromatic nitrogens is 1. The summed E-state index contributed by atoms with van der Waals surface area (Å²) in [6.45, 7) is 5.34. The van der Waals surface area contributed by atoms with Crippen LogP contribution < -0.4 is 5.32 Å². The molecule has 1 N–H and O–H groups in total. The van der Waals surface area contributed by atoms with Crippen molar-refractivity contribution < 1.29 is 0 Å². The van der Waals surface area contributed by atoms with E-state index in [4.69, 9.17) is 0 Å². The smallest absolute Gasteiger partial charge is 0.0538 e. The number of pyridine rings is 1. The van der Waals surface area contributed by atoms with Crippen LogP contribution in [-0.2, 0) is 5.41 Å². The van der Waals surface area contributed by atoms with Crippen LogP contribution in [0.5, 0.6) is 0 Å². The van der Waals surface area contributed by atoms with E-state index in [1.807, 2.05) is 18.3 Å². The number of nitrogens with one attached hydrogen (secondary N) is 1. The van der Waals surface area contributed by atoms with E-state index in [1.165, 1.54) is 5.56 Å². The summed E-state index contributed by atoms with van der Waals surface area (Å²) >= 11 is 3.42. The summed E-state index contributed by atoms with van der Waals surface area (Å²) in [7, 11) is 0. The van der Waals surface area contributed by atoms with Crippen LogP contribution in [0, 0.1) is 0 Å². The predicted octanol–water partition coefficient (Wildman–Crippen LogP) is 4.23. The van der Waals surface area contributed by atoms with Gasteiger partial charge < -0.3 is 5.32 Å². The average Bonchev–Trinajstić information content (AvgIpc) is 2.38. The SMILES string of the molecule is CC(C)(CNc1cncc(Br)c1)c1ccccc1. The van der Waals surface area contributed by atoms with Crippen LogP contribution in [0.4, 0.5) is 5.69 Å². The van der Waals surface area contributed by atoms with E-state index in [9.17, 15) is 0 Å². The highest BCUT2D eigenvalue weighted by Crippen LogP contribution is 2.24. The monoisotopic (exact) mass is 304 g/mol. The number of hydrogen-bond acceptors (Lipinski definition) is 2. The second-order valence-corrected chi connectivity index (χ2v) is 5.91. The first-order valence-electron chi connectivity index (χ1n) is 5.98. The van der Waals surface area contributed by atoms with Crippen LogP contribution in [0.25, 0.3) is 0 Å². The molecule has 0 aliphatic heterocycles. The lowest BCUT2D eigenvalue weighted by Gasteiger charge is -2.26. The van der Waals surface area contributed by atoms with Crippen molar-refractivity contribution >= 4 is 21.6 Å². The van der Waals surface area contributed by atoms with Crippen LogP contribution >= 0.6 is 15.9 Å². The molecule has 94 valence electrons. The van der Waals surface area contributed by atoms with Crippen LogP contribution in [0.3, 0.4) is 0 Å². The maximum Gasteiger partial charge on any atom is 0.0538 e. The van der Waals surface area contributed by atoms with Gasteiger partial charge >= 0.3 is 0 Å². The molecule has 0 amide bonds. The second kappa shape index (κ2) is 5.53. The number of hydrogen-bond donors (Lipinski definition) is 1. The summed E-state index contributed by atoms with van der Waals surface area (Å²) in [4.78, 5) is 4.15. The molecular weight excluding hydrogens is 288 g/mol. The molecule has 0 radical (unpaired) electrons. The van der Waals surface area contributed by atoms with Crippen molar-refractivity contribution in [3.63, 3.8) is 0 Å². The van der Waals surface area contributed by atoms with Crippen LogP contribution in [-0.4, -0.2) is 11.5 Å². The van der Waals surface area contributed by atoms with Crippen molar-refractivity contribution in [2.24, 2.45) is 0 Å². The fourth-order valence-corrected chi connectivity index (χ4v) is 2.19. The van der Waals surface area contributed by atoms with Crippen LogP contribution in [0.2, 0.25) is 0 Å². The zero-order chi connectivity index (χ0) is 13.0. The van der Waals surface area contributed by atoms with Gasteiger partial charge in [-0.25, -0.2) is 0 Å². The normalized spacial score (nSPS) is 11.3. The van der Waals surface area contributed by atoms with E-state index in [1.54, 1.807) is 6.20 Å². The van der Waals surface area contributed by atoms with Gasteiger partial charge in [0.05, 0.1) is 11.9 Å². The van der Waals surface area contributed by atoms with Gasteiger partial charge in [0.2, 0.25) is 0 Å². The Balaban J connectivity index is 2.05. The Morgan fingerprint density at radius 3 is 2.56 bits per heavy atom. The fraction of sp³-hybridized carbons (Fsp3) is 0.267. The van der Waals surface area contributed by atoms with E-state index in [-0.39, 0.29) is 5.41 Å². The Bertz CT molecular complexity index is 509. The molecule has 18 heavy (non-hydrogen) atoms. The Kier molecular flexibility index (Phi) is 4.02. The van der Waals surface area contributed by atoms with Crippen molar-refractivity contribution in [3.8, 4) is 0 Å². The fourth-order valence-electron chi connectivity index (χ4n) is 1.82. The van der Waals surface area contributed by atoms with Crippen LogP contribution in [0.1, 0.15) is 19.4 Å². The van der Waals surface area contributed by atoms with Gasteiger partial charge in [-0.05, 0) is 27.6 Å². The summed E-state index contributed by atoms with van der Waals surface area (Å²) in [6, 6.07) is 12.6. The molecule has 0 bridgehead atoms. The highest BCUT2D eigenvalue weighted by Gasteiger charge is 2.19. The number of halogens is 1. The lowest BCUT2D eigenvalue weighted by atomic mass is 9.84.